The van der Waals surface area contributed by atoms with Gasteiger partial charge in [-0.05, 0) is 80.5 Å². The molecule has 4 aliphatic carbocycles. The molecule has 136 valence electrons. The first-order valence-electron chi connectivity index (χ1n) is 9.63. The van der Waals surface area contributed by atoms with E-state index in [1.54, 1.807) is 10.8 Å². The lowest BCUT2D eigenvalue weighted by atomic mass is 9.49. The fourth-order valence-electron chi connectivity index (χ4n) is 6.21. The van der Waals surface area contributed by atoms with Crippen molar-refractivity contribution in [3.8, 4) is 0 Å². The predicted molar refractivity (Wildman–Crippen MR) is 98.8 cm³/mol. The molecule has 5 heteroatoms. The monoisotopic (exact) mass is 352 g/mol. The summed E-state index contributed by atoms with van der Waals surface area (Å²) in [4.78, 5) is 24.1. The highest BCUT2D eigenvalue weighted by atomic mass is 16.4. The van der Waals surface area contributed by atoms with E-state index in [1.165, 1.54) is 19.3 Å². The van der Waals surface area contributed by atoms with Crippen LogP contribution in [0, 0.1) is 23.2 Å². The molecule has 1 amide bonds. The van der Waals surface area contributed by atoms with E-state index >= 15 is 0 Å². The normalized spacial score (nSPS) is 32.1. The highest BCUT2D eigenvalue weighted by Crippen LogP contribution is 2.60. The number of carbonyl (C=O) groups is 2. The van der Waals surface area contributed by atoms with Crippen molar-refractivity contribution in [3.63, 3.8) is 0 Å². The minimum absolute atomic E-state index is 0.0531. The Morgan fingerprint density at radius 2 is 1.73 bits per heavy atom. The van der Waals surface area contributed by atoms with E-state index in [0.29, 0.717) is 0 Å². The average molecular weight is 352 g/mol. The smallest absolute Gasteiger partial charge is 0.323 e. The van der Waals surface area contributed by atoms with Crippen molar-refractivity contribution < 1.29 is 14.7 Å². The second-order valence-corrected chi connectivity index (χ2v) is 8.76. The number of carboxylic acid groups (broad SMARTS) is 1. The van der Waals surface area contributed by atoms with Gasteiger partial charge in [-0.25, -0.2) is 0 Å². The van der Waals surface area contributed by atoms with E-state index in [1.807, 2.05) is 24.3 Å². The standard InChI is InChI=1S/C21H24N2O3/c24-19(25)12-23-4-3-16-8-17(1-2-18(16)23)22-20(26)21-9-13-5-14(10-21)7-15(6-13)11-21/h1-4,8,13-15H,5-7,9-12H2,(H,22,26)(H,24,25). The third-order valence-corrected chi connectivity index (χ3v) is 6.85. The van der Waals surface area contributed by atoms with Crippen LogP contribution in [0.1, 0.15) is 38.5 Å². The summed E-state index contributed by atoms with van der Waals surface area (Å²) in [6.45, 7) is -0.0531. The quantitative estimate of drug-likeness (QED) is 0.877. The molecule has 0 spiro atoms. The van der Waals surface area contributed by atoms with E-state index in [9.17, 15) is 9.59 Å². The Labute approximate surface area is 152 Å². The van der Waals surface area contributed by atoms with Crippen LogP contribution in [0.25, 0.3) is 10.9 Å². The Morgan fingerprint density at radius 1 is 1.08 bits per heavy atom. The topological polar surface area (TPSA) is 71.3 Å². The predicted octanol–water partition coefficient (Wildman–Crippen LogP) is 3.88. The van der Waals surface area contributed by atoms with Crippen molar-refractivity contribution in [1.82, 2.24) is 4.57 Å². The molecule has 4 saturated carbocycles. The number of amides is 1. The van der Waals surface area contributed by atoms with E-state index < -0.39 is 5.97 Å². The second kappa shape index (κ2) is 5.60. The summed E-state index contributed by atoms with van der Waals surface area (Å²) in [6.07, 6.45) is 8.94. The molecule has 2 aromatic rings. The maximum atomic E-state index is 13.2. The molecule has 4 aliphatic rings. The van der Waals surface area contributed by atoms with Gasteiger partial charge in [-0.3, -0.25) is 9.59 Å². The van der Waals surface area contributed by atoms with Gasteiger partial charge in [-0.15, -0.1) is 0 Å². The number of carbonyl (C=O) groups excluding carboxylic acids is 1. The molecule has 2 N–H and O–H groups in total. The molecule has 0 radical (unpaired) electrons. The van der Waals surface area contributed by atoms with Gasteiger partial charge in [-0.1, -0.05) is 0 Å². The molecule has 1 aromatic carbocycles. The van der Waals surface area contributed by atoms with E-state index in [-0.39, 0.29) is 17.9 Å². The van der Waals surface area contributed by atoms with Crippen LogP contribution >= 0.6 is 0 Å². The molecule has 1 aromatic heterocycles. The summed E-state index contributed by atoms with van der Waals surface area (Å²) >= 11 is 0. The number of fused-ring (bicyclic) bond motifs is 1. The van der Waals surface area contributed by atoms with Crippen molar-refractivity contribution in [2.45, 2.75) is 45.1 Å². The summed E-state index contributed by atoms with van der Waals surface area (Å²) < 4.78 is 1.71. The molecular formula is C21H24N2O3. The van der Waals surface area contributed by atoms with Gasteiger partial charge in [0.1, 0.15) is 6.54 Å². The van der Waals surface area contributed by atoms with Crippen LogP contribution in [0.4, 0.5) is 5.69 Å². The lowest BCUT2D eigenvalue weighted by Crippen LogP contribution is -2.51. The third-order valence-electron chi connectivity index (χ3n) is 6.85. The van der Waals surface area contributed by atoms with Crippen LogP contribution in [-0.2, 0) is 16.1 Å². The second-order valence-electron chi connectivity index (χ2n) is 8.76. The van der Waals surface area contributed by atoms with Crippen LogP contribution in [0.15, 0.2) is 30.5 Å². The number of nitrogens with zero attached hydrogens (tertiary/aromatic N) is 1. The molecule has 1 heterocycles. The lowest BCUT2D eigenvalue weighted by molar-refractivity contribution is -0.140. The highest BCUT2D eigenvalue weighted by Gasteiger charge is 2.54. The Balaban J connectivity index is 1.38. The van der Waals surface area contributed by atoms with Crippen molar-refractivity contribution in [2.24, 2.45) is 23.2 Å². The van der Waals surface area contributed by atoms with Crippen molar-refractivity contribution in [2.75, 3.05) is 5.32 Å². The van der Waals surface area contributed by atoms with Crippen molar-refractivity contribution in [1.29, 1.82) is 0 Å². The number of nitrogens with one attached hydrogen (secondary N) is 1. The van der Waals surface area contributed by atoms with E-state index in [0.717, 1.165) is 53.6 Å². The Kier molecular flexibility index (Phi) is 3.43. The number of hydrogen-bond acceptors (Lipinski definition) is 2. The number of aromatic nitrogens is 1. The molecule has 0 unspecified atom stereocenters. The van der Waals surface area contributed by atoms with Gasteiger partial charge >= 0.3 is 5.97 Å². The van der Waals surface area contributed by atoms with Crippen LogP contribution in [-0.4, -0.2) is 21.6 Å². The fraction of sp³-hybridized carbons (Fsp3) is 0.524. The third kappa shape index (κ3) is 2.52. The SMILES string of the molecule is O=C(O)Cn1ccc2cc(NC(=O)C34CC5CC(CC(C5)C3)C4)ccc21. The molecule has 6 rings (SSSR count). The number of anilines is 1. The Morgan fingerprint density at radius 3 is 2.35 bits per heavy atom. The van der Waals surface area contributed by atoms with Gasteiger partial charge in [-0.2, -0.15) is 0 Å². The van der Waals surface area contributed by atoms with Crippen LogP contribution in [0.3, 0.4) is 0 Å². The number of aliphatic carboxylic acids is 1. The largest absolute Gasteiger partial charge is 0.480 e. The minimum Gasteiger partial charge on any atom is -0.480 e. The van der Waals surface area contributed by atoms with Gasteiger partial charge in [0.05, 0.1) is 5.41 Å². The van der Waals surface area contributed by atoms with Crippen LogP contribution in [0.2, 0.25) is 0 Å². The molecule has 0 saturated heterocycles. The summed E-state index contributed by atoms with van der Waals surface area (Å²) in [5.41, 5.74) is 1.53. The van der Waals surface area contributed by atoms with Gasteiger partial charge in [0.25, 0.3) is 0 Å². The number of carboxylic acids is 1. The van der Waals surface area contributed by atoms with Gasteiger partial charge in [0, 0.05) is 22.8 Å². The number of benzene rings is 1. The number of hydrogen-bond donors (Lipinski definition) is 2. The lowest BCUT2D eigenvalue weighted by Gasteiger charge is -2.55. The first-order valence-corrected chi connectivity index (χ1v) is 9.63. The molecule has 4 fully saturated rings. The molecular weight excluding hydrogens is 328 g/mol. The molecule has 0 atom stereocenters. The summed E-state index contributed by atoms with van der Waals surface area (Å²) in [7, 11) is 0. The zero-order valence-electron chi connectivity index (χ0n) is 14.8. The van der Waals surface area contributed by atoms with Crippen LogP contribution < -0.4 is 5.32 Å². The van der Waals surface area contributed by atoms with Crippen molar-refractivity contribution in [3.05, 3.63) is 30.5 Å². The van der Waals surface area contributed by atoms with Crippen molar-refractivity contribution >= 4 is 28.5 Å². The maximum absolute atomic E-state index is 13.2. The molecule has 5 nitrogen and oxygen atoms in total. The van der Waals surface area contributed by atoms with Gasteiger partial charge < -0.3 is 15.0 Å². The average Bonchev–Trinajstić information content (AvgIpc) is 2.95. The Bertz CT molecular complexity index is 863. The maximum Gasteiger partial charge on any atom is 0.323 e. The minimum atomic E-state index is -0.860. The van der Waals surface area contributed by atoms with Gasteiger partial charge in [0.2, 0.25) is 5.91 Å². The van der Waals surface area contributed by atoms with E-state index in [4.69, 9.17) is 5.11 Å². The first kappa shape index (κ1) is 15.9. The highest BCUT2D eigenvalue weighted by molar-refractivity contribution is 5.97. The summed E-state index contributed by atoms with van der Waals surface area (Å²) in [5.74, 6) is 1.58. The molecule has 4 bridgehead atoms. The Hall–Kier alpha value is -2.30. The fourth-order valence-corrected chi connectivity index (χ4v) is 6.21. The summed E-state index contributed by atoms with van der Waals surface area (Å²) in [5, 5.41) is 13.1. The number of rotatable bonds is 4. The first-order chi connectivity index (χ1) is 12.5. The zero-order valence-corrected chi connectivity index (χ0v) is 14.8. The molecule has 26 heavy (non-hydrogen) atoms. The molecule has 0 aliphatic heterocycles. The van der Waals surface area contributed by atoms with E-state index in [2.05, 4.69) is 5.32 Å². The summed E-state index contributed by atoms with van der Waals surface area (Å²) in [6, 6.07) is 7.64. The zero-order chi connectivity index (χ0) is 17.9. The van der Waals surface area contributed by atoms with Gasteiger partial charge in [0.15, 0.2) is 0 Å². The van der Waals surface area contributed by atoms with Crippen LogP contribution in [0.5, 0.6) is 0 Å².